The molecular formula is C8H13N3O. The van der Waals surface area contributed by atoms with Crippen molar-refractivity contribution in [2.75, 3.05) is 19.6 Å². The van der Waals surface area contributed by atoms with Gasteiger partial charge in [0.1, 0.15) is 0 Å². The van der Waals surface area contributed by atoms with Crippen molar-refractivity contribution < 1.29 is 5.11 Å². The minimum atomic E-state index is -0.0948. The summed E-state index contributed by atoms with van der Waals surface area (Å²) in [5.74, 6) is 0. The number of aliphatic hydroxyl groups excluding tert-OH is 1. The Labute approximate surface area is 71.4 Å². The standard InChI is InChI=1S/C8H13N3O/c12-8-6-10(7-8)4-5-11-3-1-2-9-11/h1-3,8,12H,4-7H2. The van der Waals surface area contributed by atoms with Gasteiger partial charge in [0.2, 0.25) is 0 Å². The molecule has 1 saturated heterocycles. The van der Waals surface area contributed by atoms with Gasteiger partial charge in [0.25, 0.3) is 0 Å². The highest BCUT2D eigenvalue weighted by Crippen LogP contribution is 2.06. The lowest BCUT2D eigenvalue weighted by Crippen LogP contribution is -2.51. The third kappa shape index (κ3) is 1.65. The summed E-state index contributed by atoms with van der Waals surface area (Å²) >= 11 is 0. The molecule has 4 nitrogen and oxygen atoms in total. The number of β-amino-alcohol motifs (C(OH)–C–C–N with tert-alkyl or cyclic N) is 1. The van der Waals surface area contributed by atoms with Crippen molar-refractivity contribution in [3.8, 4) is 0 Å². The van der Waals surface area contributed by atoms with Gasteiger partial charge in [-0.05, 0) is 6.07 Å². The zero-order valence-corrected chi connectivity index (χ0v) is 6.93. The van der Waals surface area contributed by atoms with Crippen molar-refractivity contribution in [3.63, 3.8) is 0 Å². The molecule has 0 spiro atoms. The van der Waals surface area contributed by atoms with E-state index < -0.39 is 0 Å². The molecule has 12 heavy (non-hydrogen) atoms. The SMILES string of the molecule is OC1CN(CCn2cccn2)C1. The molecule has 1 N–H and O–H groups in total. The van der Waals surface area contributed by atoms with Gasteiger partial charge >= 0.3 is 0 Å². The van der Waals surface area contributed by atoms with Gasteiger partial charge in [-0.25, -0.2) is 0 Å². The lowest BCUT2D eigenvalue weighted by atomic mass is 10.2. The Morgan fingerprint density at radius 1 is 1.42 bits per heavy atom. The van der Waals surface area contributed by atoms with Crippen molar-refractivity contribution >= 4 is 0 Å². The Kier molecular flexibility index (Phi) is 2.10. The largest absolute Gasteiger partial charge is 0.390 e. The quantitative estimate of drug-likeness (QED) is 0.663. The van der Waals surface area contributed by atoms with Gasteiger partial charge in [0.05, 0.1) is 12.6 Å². The van der Waals surface area contributed by atoms with E-state index in [0.717, 1.165) is 26.2 Å². The van der Waals surface area contributed by atoms with Crippen LogP contribution < -0.4 is 0 Å². The first kappa shape index (κ1) is 7.76. The molecule has 1 fully saturated rings. The molecule has 0 unspecified atom stereocenters. The number of aliphatic hydroxyl groups is 1. The average molecular weight is 167 g/mol. The molecule has 0 atom stereocenters. The Hall–Kier alpha value is -0.870. The van der Waals surface area contributed by atoms with E-state index >= 15 is 0 Å². The van der Waals surface area contributed by atoms with Crippen LogP contribution in [-0.2, 0) is 6.54 Å². The molecule has 1 aliphatic heterocycles. The second kappa shape index (κ2) is 3.25. The summed E-state index contributed by atoms with van der Waals surface area (Å²) in [6, 6.07) is 1.92. The first-order valence-corrected chi connectivity index (χ1v) is 4.22. The maximum atomic E-state index is 9.01. The molecule has 4 heteroatoms. The molecular weight excluding hydrogens is 154 g/mol. The van der Waals surface area contributed by atoms with Gasteiger partial charge in [0, 0.05) is 32.0 Å². The zero-order valence-electron chi connectivity index (χ0n) is 6.93. The van der Waals surface area contributed by atoms with E-state index in [0.29, 0.717) is 0 Å². The zero-order chi connectivity index (χ0) is 8.39. The summed E-state index contributed by atoms with van der Waals surface area (Å²) in [6.07, 6.45) is 3.64. The highest BCUT2D eigenvalue weighted by molar-refractivity contribution is 4.81. The molecule has 0 aliphatic carbocycles. The van der Waals surface area contributed by atoms with Gasteiger partial charge < -0.3 is 5.11 Å². The molecule has 1 aromatic heterocycles. The van der Waals surface area contributed by atoms with Crippen molar-refractivity contribution in [1.29, 1.82) is 0 Å². The van der Waals surface area contributed by atoms with E-state index in [1.807, 2.05) is 16.9 Å². The Balaban J connectivity index is 1.70. The number of aromatic nitrogens is 2. The van der Waals surface area contributed by atoms with Gasteiger partial charge in [-0.15, -0.1) is 0 Å². The summed E-state index contributed by atoms with van der Waals surface area (Å²) in [7, 11) is 0. The summed E-state index contributed by atoms with van der Waals surface area (Å²) in [5.41, 5.74) is 0. The highest BCUT2D eigenvalue weighted by Gasteiger charge is 2.23. The predicted molar refractivity (Wildman–Crippen MR) is 44.7 cm³/mol. The van der Waals surface area contributed by atoms with Crippen molar-refractivity contribution in [1.82, 2.24) is 14.7 Å². The fraction of sp³-hybridized carbons (Fsp3) is 0.625. The fourth-order valence-corrected chi connectivity index (χ4v) is 1.40. The third-order valence-electron chi connectivity index (χ3n) is 2.14. The molecule has 0 amide bonds. The second-order valence-electron chi connectivity index (χ2n) is 3.18. The minimum absolute atomic E-state index is 0.0948. The van der Waals surface area contributed by atoms with Crippen LogP contribution >= 0.6 is 0 Å². The van der Waals surface area contributed by atoms with Gasteiger partial charge in [-0.3, -0.25) is 9.58 Å². The van der Waals surface area contributed by atoms with E-state index in [1.54, 1.807) is 6.20 Å². The third-order valence-corrected chi connectivity index (χ3v) is 2.14. The van der Waals surface area contributed by atoms with E-state index in [2.05, 4.69) is 10.00 Å². The van der Waals surface area contributed by atoms with E-state index in [4.69, 9.17) is 5.11 Å². The minimum Gasteiger partial charge on any atom is -0.390 e. The molecule has 1 aromatic rings. The Bertz CT molecular complexity index is 228. The summed E-state index contributed by atoms with van der Waals surface area (Å²) < 4.78 is 1.91. The van der Waals surface area contributed by atoms with Crippen LogP contribution in [0.3, 0.4) is 0 Å². The van der Waals surface area contributed by atoms with Crippen LogP contribution in [0.15, 0.2) is 18.5 Å². The van der Waals surface area contributed by atoms with Crippen molar-refractivity contribution in [2.24, 2.45) is 0 Å². The average Bonchev–Trinajstić information content (AvgIpc) is 2.47. The molecule has 2 heterocycles. The van der Waals surface area contributed by atoms with Gasteiger partial charge in [-0.1, -0.05) is 0 Å². The molecule has 0 aromatic carbocycles. The fourth-order valence-electron chi connectivity index (χ4n) is 1.40. The van der Waals surface area contributed by atoms with Crippen LogP contribution in [0.4, 0.5) is 0 Å². The second-order valence-corrected chi connectivity index (χ2v) is 3.18. The van der Waals surface area contributed by atoms with Crippen molar-refractivity contribution in [2.45, 2.75) is 12.6 Å². The monoisotopic (exact) mass is 167 g/mol. The van der Waals surface area contributed by atoms with Crippen LogP contribution in [0.5, 0.6) is 0 Å². The molecule has 0 bridgehead atoms. The topological polar surface area (TPSA) is 41.3 Å². The van der Waals surface area contributed by atoms with Gasteiger partial charge in [-0.2, -0.15) is 5.10 Å². The number of nitrogens with zero attached hydrogens (tertiary/aromatic N) is 3. The van der Waals surface area contributed by atoms with Crippen LogP contribution in [-0.4, -0.2) is 45.5 Å². The molecule has 0 radical (unpaired) electrons. The maximum absolute atomic E-state index is 9.01. The van der Waals surface area contributed by atoms with E-state index in [9.17, 15) is 0 Å². The van der Waals surface area contributed by atoms with Gasteiger partial charge in [0.15, 0.2) is 0 Å². The first-order valence-electron chi connectivity index (χ1n) is 4.22. The van der Waals surface area contributed by atoms with Crippen LogP contribution in [0.2, 0.25) is 0 Å². The smallest absolute Gasteiger partial charge is 0.0793 e. The maximum Gasteiger partial charge on any atom is 0.0793 e. The first-order chi connectivity index (χ1) is 5.84. The lowest BCUT2D eigenvalue weighted by Gasteiger charge is -2.35. The normalized spacial score (nSPS) is 19.4. The number of hydrogen-bond acceptors (Lipinski definition) is 3. The summed E-state index contributed by atoms with van der Waals surface area (Å²) in [6.45, 7) is 3.54. The molecule has 2 rings (SSSR count). The molecule has 66 valence electrons. The Morgan fingerprint density at radius 2 is 2.25 bits per heavy atom. The van der Waals surface area contributed by atoms with E-state index in [-0.39, 0.29) is 6.10 Å². The summed E-state index contributed by atoms with van der Waals surface area (Å²) in [4.78, 5) is 2.21. The molecule has 1 aliphatic rings. The van der Waals surface area contributed by atoms with Crippen molar-refractivity contribution in [3.05, 3.63) is 18.5 Å². The lowest BCUT2D eigenvalue weighted by molar-refractivity contribution is 0.0000444. The Morgan fingerprint density at radius 3 is 2.83 bits per heavy atom. The van der Waals surface area contributed by atoms with Crippen LogP contribution in [0.1, 0.15) is 0 Å². The van der Waals surface area contributed by atoms with E-state index in [1.165, 1.54) is 0 Å². The number of likely N-dealkylation sites (tertiary alicyclic amines) is 1. The van der Waals surface area contributed by atoms with Crippen LogP contribution in [0.25, 0.3) is 0 Å². The number of hydrogen-bond donors (Lipinski definition) is 1. The predicted octanol–water partition coefficient (Wildman–Crippen LogP) is -0.440. The number of rotatable bonds is 3. The molecule has 0 saturated carbocycles. The highest BCUT2D eigenvalue weighted by atomic mass is 16.3. The summed E-state index contributed by atoms with van der Waals surface area (Å²) in [5, 5.41) is 13.1. The van der Waals surface area contributed by atoms with Crippen LogP contribution in [0, 0.1) is 0 Å².